The Bertz CT molecular complexity index is 826. The highest BCUT2D eigenvalue weighted by molar-refractivity contribution is 6.30. The van der Waals surface area contributed by atoms with Gasteiger partial charge in [0.05, 0.1) is 17.8 Å². The molecule has 2 amide bonds. The number of carbonyl (C=O) groups excluding carboxylic acids is 3. The molecular formula is C22H22ClNO4. The van der Waals surface area contributed by atoms with E-state index in [-0.39, 0.29) is 53.4 Å². The van der Waals surface area contributed by atoms with Gasteiger partial charge in [-0.05, 0) is 68.2 Å². The van der Waals surface area contributed by atoms with E-state index in [1.54, 1.807) is 29.2 Å². The molecule has 0 spiro atoms. The molecule has 2 saturated carbocycles. The van der Waals surface area contributed by atoms with Gasteiger partial charge in [-0.15, -0.1) is 0 Å². The van der Waals surface area contributed by atoms with Crippen LogP contribution < -0.4 is 4.74 Å². The van der Waals surface area contributed by atoms with Crippen molar-refractivity contribution in [2.24, 2.45) is 29.6 Å². The summed E-state index contributed by atoms with van der Waals surface area (Å²) in [5.41, 5.74) is 0. The highest BCUT2D eigenvalue weighted by Gasteiger charge is 2.60. The predicted octanol–water partition coefficient (Wildman–Crippen LogP) is 3.61. The van der Waals surface area contributed by atoms with Gasteiger partial charge in [-0.25, -0.2) is 0 Å². The Morgan fingerprint density at radius 3 is 2.07 bits per heavy atom. The third-order valence-corrected chi connectivity index (χ3v) is 7.18. The number of likely N-dealkylation sites (tertiary alicyclic amines) is 1. The van der Waals surface area contributed by atoms with E-state index in [1.165, 1.54) is 0 Å². The number of carbonyl (C=O) groups is 3. The van der Waals surface area contributed by atoms with Crippen LogP contribution in [0.1, 0.15) is 32.1 Å². The van der Waals surface area contributed by atoms with E-state index >= 15 is 0 Å². The number of hydrogen-bond acceptors (Lipinski definition) is 4. The maximum atomic E-state index is 12.9. The van der Waals surface area contributed by atoms with Crippen LogP contribution in [0.15, 0.2) is 36.4 Å². The van der Waals surface area contributed by atoms with E-state index in [9.17, 15) is 14.4 Å². The second-order valence-corrected chi connectivity index (χ2v) is 8.86. The lowest BCUT2D eigenvalue weighted by atomic mass is 9.85. The maximum Gasteiger partial charge on any atom is 0.314 e. The number of fused-ring (bicyclic) bond motifs is 5. The summed E-state index contributed by atoms with van der Waals surface area (Å²) in [5, 5.41) is 0.591. The van der Waals surface area contributed by atoms with Crippen LogP contribution in [-0.4, -0.2) is 28.7 Å². The van der Waals surface area contributed by atoms with Gasteiger partial charge in [-0.3, -0.25) is 19.3 Å². The number of nitrogens with zero attached hydrogens (tertiary/aromatic N) is 1. The molecule has 4 aliphatic rings. The molecule has 6 heteroatoms. The van der Waals surface area contributed by atoms with Crippen LogP contribution in [-0.2, 0) is 14.4 Å². The first-order valence-corrected chi connectivity index (χ1v) is 10.4. The number of halogens is 1. The smallest absolute Gasteiger partial charge is 0.314 e. The van der Waals surface area contributed by atoms with Crippen molar-refractivity contribution >= 4 is 29.4 Å². The largest absolute Gasteiger partial charge is 0.426 e. The minimum atomic E-state index is -0.251. The molecule has 1 saturated heterocycles. The molecule has 28 heavy (non-hydrogen) atoms. The summed E-state index contributed by atoms with van der Waals surface area (Å²) < 4.78 is 5.46. The topological polar surface area (TPSA) is 63.7 Å². The van der Waals surface area contributed by atoms with Gasteiger partial charge in [0.25, 0.3) is 0 Å². The first kappa shape index (κ1) is 17.9. The van der Waals surface area contributed by atoms with Gasteiger partial charge in [0, 0.05) is 11.1 Å². The molecule has 146 valence electrons. The second kappa shape index (κ2) is 6.73. The molecule has 1 aliphatic heterocycles. The molecule has 1 aromatic carbocycles. The third kappa shape index (κ3) is 2.79. The van der Waals surface area contributed by atoms with Crippen molar-refractivity contribution in [2.75, 3.05) is 0 Å². The molecule has 3 aliphatic carbocycles. The Morgan fingerprint density at radius 1 is 0.929 bits per heavy atom. The molecule has 5 rings (SSSR count). The van der Waals surface area contributed by atoms with Gasteiger partial charge < -0.3 is 4.74 Å². The molecular weight excluding hydrogens is 378 g/mol. The standard InChI is InChI=1S/C22H22ClNO4/c23-15-5-9-17(10-6-15)28-22(27)12-3-7-16(8-4-12)24-20(25)18-13-1-2-14(11-13)19(18)21(24)26/h1-2,5-6,9-10,12-14,16,18-19H,3-4,7-8,11H2/t12?,13-,14+,16?,18-,19+. The molecule has 1 heterocycles. The van der Waals surface area contributed by atoms with Gasteiger partial charge in [-0.1, -0.05) is 23.8 Å². The van der Waals surface area contributed by atoms with Crippen LogP contribution in [0.2, 0.25) is 5.02 Å². The van der Waals surface area contributed by atoms with E-state index in [2.05, 4.69) is 12.2 Å². The number of esters is 1. The van der Waals surface area contributed by atoms with Crippen molar-refractivity contribution in [3.05, 3.63) is 41.4 Å². The van der Waals surface area contributed by atoms with Crippen molar-refractivity contribution in [1.29, 1.82) is 0 Å². The highest BCUT2D eigenvalue weighted by Crippen LogP contribution is 2.53. The zero-order valence-corrected chi connectivity index (χ0v) is 16.2. The zero-order valence-electron chi connectivity index (χ0n) is 15.4. The monoisotopic (exact) mass is 399 g/mol. The van der Waals surface area contributed by atoms with E-state index in [0.717, 1.165) is 6.42 Å². The quantitative estimate of drug-likeness (QED) is 0.337. The fourth-order valence-electron chi connectivity index (χ4n) is 5.56. The highest BCUT2D eigenvalue weighted by atomic mass is 35.5. The fraction of sp³-hybridized carbons (Fsp3) is 0.500. The Hall–Kier alpha value is -2.14. The molecule has 1 aromatic rings. The van der Waals surface area contributed by atoms with Crippen LogP contribution in [0.4, 0.5) is 0 Å². The lowest BCUT2D eigenvalue weighted by molar-refractivity contribution is -0.145. The minimum Gasteiger partial charge on any atom is -0.426 e. The zero-order chi connectivity index (χ0) is 19.4. The molecule has 5 nitrogen and oxygen atoms in total. The first-order valence-electron chi connectivity index (χ1n) is 10.1. The third-order valence-electron chi connectivity index (χ3n) is 6.93. The second-order valence-electron chi connectivity index (χ2n) is 8.43. The predicted molar refractivity (Wildman–Crippen MR) is 102 cm³/mol. The number of allylic oxidation sites excluding steroid dienone is 2. The summed E-state index contributed by atoms with van der Waals surface area (Å²) >= 11 is 5.85. The van der Waals surface area contributed by atoms with Crippen LogP contribution in [0.3, 0.4) is 0 Å². The Kier molecular flexibility index (Phi) is 4.31. The lowest BCUT2D eigenvalue weighted by Crippen LogP contribution is -2.44. The van der Waals surface area contributed by atoms with Gasteiger partial charge in [0.15, 0.2) is 0 Å². The van der Waals surface area contributed by atoms with Crippen LogP contribution in [0, 0.1) is 29.6 Å². The Morgan fingerprint density at radius 2 is 1.50 bits per heavy atom. The summed E-state index contributed by atoms with van der Waals surface area (Å²) in [6, 6.07) is 6.64. The molecule has 0 radical (unpaired) electrons. The summed E-state index contributed by atoms with van der Waals surface area (Å²) in [4.78, 5) is 39.9. The number of imide groups is 1. The summed E-state index contributed by atoms with van der Waals surface area (Å²) in [6.07, 6.45) is 7.78. The molecule has 0 aromatic heterocycles. The van der Waals surface area contributed by atoms with Crippen LogP contribution in [0.25, 0.3) is 0 Å². The van der Waals surface area contributed by atoms with E-state index < -0.39 is 0 Å². The van der Waals surface area contributed by atoms with Gasteiger partial charge in [-0.2, -0.15) is 0 Å². The molecule has 4 atom stereocenters. The Labute approximate surface area is 168 Å². The van der Waals surface area contributed by atoms with Crippen LogP contribution >= 0.6 is 11.6 Å². The van der Waals surface area contributed by atoms with E-state index in [0.29, 0.717) is 36.5 Å². The average Bonchev–Trinajstić information content (AvgIpc) is 3.38. The van der Waals surface area contributed by atoms with Crippen molar-refractivity contribution in [1.82, 2.24) is 4.90 Å². The summed E-state index contributed by atoms with van der Waals surface area (Å²) in [5.74, 6) is 0.251. The van der Waals surface area contributed by atoms with E-state index in [4.69, 9.17) is 16.3 Å². The van der Waals surface area contributed by atoms with Crippen molar-refractivity contribution in [3.63, 3.8) is 0 Å². The minimum absolute atomic E-state index is 0.0130. The van der Waals surface area contributed by atoms with Crippen molar-refractivity contribution < 1.29 is 19.1 Å². The fourth-order valence-corrected chi connectivity index (χ4v) is 5.68. The normalized spacial score (nSPS) is 36.1. The average molecular weight is 400 g/mol. The summed E-state index contributed by atoms with van der Waals surface area (Å²) in [7, 11) is 0. The molecule has 0 unspecified atom stereocenters. The van der Waals surface area contributed by atoms with Crippen molar-refractivity contribution in [3.8, 4) is 5.75 Å². The Balaban J connectivity index is 1.21. The van der Waals surface area contributed by atoms with E-state index in [1.807, 2.05) is 0 Å². The maximum absolute atomic E-state index is 12.9. The van der Waals surface area contributed by atoms with Gasteiger partial charge >= 0.3 is 5.97 Å². The first-order chi connectivity index (χ1) is 13.5. The number of rotatable bonds is 3. The van der Waals surface area contributed by atoms with Crippen molar-refractivity contribution in [2.45, 2.75) is 38.1 Å². The van der Waals surface area contributed by atoms with Gasteiger partial charge in [0.2, 0.25) is 11.8 Å². The van der Waals surface area contributed by atoms with Gasteiger partial charge in [0.1, 0.15) is 5.75 Å². The SMILES string of the molecule is O=C(Oc1ccc(Cl)cc1)C1CCC(N2C(=O)[C@@H]3[C@H](C2=O)[C@@H]2C=C[C@H]3C2)CC1. The van der Waals surface area contributed by atoms with Crippen LogP contribution in [0.5, 0.6) is 5.75 Å². The molecule has 0 N–H and O–H groups in total. The molecule has 2 bridgehead atoms. The number of ether oxygens (including phenoxy) is 1. The number of hydrogen-bond donors (Lipinski definition) is 0. The summed E-state index contributed by atoms with van der Waals surface area (Å²) in [6.45, 7) is 0. The number of benzene rings is 1. The lowest BCUT2D eigenvalue weighted by Gasteiger charge is -2.33. The number of amides is 2. The molecule has 3 fully saturated rings.